The molecule has 2 aromatic carbocycles. The number of amides is 1. The number of nitro groups is 2. The molecule has 0 atom stereocenters. The Kier molecular flexibility index (Phi) is 6.06. The van der Waals surface area contributed by atoms with Crippen molar-refractivity contribution in [3.05, 3.63) is 85.5 Å². The number of hydrogen-bond acceptors (Lipinski definition) is 7. The lowest BCUT2D eigenvalue weighted by atomic mass is 10.1. The van der Waals surface area contributed by atoms with Crippen LogP contribution in [0, 0.1) is 31.6 Å². The van der Waals surface area contributed by atoms with Gasteiger partial charge in [-0.2, -0.15) is 10.4 Å². The summed E-state index contributed by atoms with van der Waals surface area (Å²) in [5.74, 6) is -0.912. The number of benzene rings is 2. The Hall–Kier alpha value is -4.39. The summed E-state index contributed by atoms with van der Waals surface area (Å²) < 4.78 is 0. The molecule has 2 aromatic rings. The van der Waals surface area contributed by atoms with E-state index in [9.17, 15) is 25.0 Å². The molecule has 0 saturated heterocycles. The number of hydrogen-bond donors (Lipinski definition) is 1. The Labute approximate surface area is 152 Å². The van der Waals surface area contributed by atoms with Crippen LogP contribution in [-0.4, -0.2) is 22.0 Å². The quantitative estimate of drug-likeness (QED) is 0.273. The lowest BCUT2D eigenvalue weighted by Crippen LogP contribution is -2.19. The molecular weight excluding hydrogens is 354 g/mol. The number of carbonyl (C=O) groups is 1. The minimum atomic E-state index is -0.912. The van der Waals surface area contributed by atoms with Crippen LogP contribution in [0.15, 0.2) is 59.2 Å². The van der Waals surface area contributed by atoms with Crippen molar-refractivity contribution in [3.63, 3.8) is 0 Å². The summed E-state index contributed by atoms with van der Waals surface area (Å²) in [6.07, 6.45) is 2.13. The summed E-state index contributed by atoms with van der Waals surface area (Å²) in [5, 5.41) is 34.6. The Bertz CT molecular complexity index is 1010. The number of rotatable bonds is 6. The monoisotopic (exact) mass is 365 g/mol. The topological polar surface area (TPSA) is 152 Å². The molecule has 10 nitrogen and oxygen atoms in total. The van der Waals surface area contributed by atoms with Crippen molar-refractivity contribution in [1.82, 2.24) is 5.43 Å². The number of hydrazone groups is 1. The van der Waals surface area contributed by atoms with E-state index in [2.05, 4.69) is 10.5 Å². The van der Waals surface area contributed by atoms with Crippen LogP contribution in [0.2, 0.25) is 0 Å². The molecular formula is C17H11N5O5. The number of nitrogens with zero attached hydrogens (tertiary/aromatic N) is 4. The molecule has 0 unspecified atom stereocenters. The van der Waals surface area contributed by atoms with E-state index in [4.69, 9.17) is 5.26 Å². The second-order valence-electron chi connectivity index (χ2n) is 5.00. The lowest BCUT2D eigenvalue weighted by Gasteiger charge is -2.00. The summed E-state index contributed by atoms with van der Waals surface area (Å²) in [6, 6.07) is 13.0. The third-order valence-electron chi connectivity index (χ3n) is 3.30. The average Bonchev–Trinajstić information content (AvgIpc) is 2.66. The van der Waals surface area contributed by atoms with Gasteiger partial charge in [-0.15, -0.1) is 0 Å². The van der Waals surface area contributed by atoms with Crippen LogP contribution < -0.4 is 5.43 Å². The fraction of sp³-hybridized carbons (Fsp3) is 0. The molecule has 0 heterocycles. The highest BCUT2D eigenvalue weighted by Gasteiger charge is 2.15. The zero-order valence-electron chi connectivity index (χ0n) is 13.6. The molecule has 27 heavy (non-hydrogen) atoms. The molecule has 0 aliphatic rings. The highest BCUT2D eigenvalue weighted by atomic mass is 16.6. The zero-order valence-corrected chi connectivity index (χ0v) is 13.6. The fourth-order valence-corrected chi connectivity index (χ4v) is 2.06. The van der Waals surface area contributed by atoms with E-state index in [1.807, 2.05) is 0 Å². The van der Waals surface area contributed by atoms with E-state index in [1.54, 1.807) is 12.1 Å². The molecule has 0 bridgehead atoms. The van der Waals surface area contributed by atoms with Crippen molar-refractivity contribution in [2.45, 2.75) is 0 Å². The minimum Gasteiger partial charge on any atom is -0.267 e. The standard InChI is InChI=1S/C17H11N5O5/c18-10-14(9-12-5-1-3-7-15(12)21(24)25)17(23)20-19-11-13-6-2-4-8-16(13)22(26)27/h1-9,11H,(H,20,23)/b14-9+,19-11+. The predicted molar refractivity (Wildman–Crippen MR) is 95.5 cm³/mol. The number of nitro benzene ring substituents is 2. The molecule has 0 saturated carbocycles. The summed E-state index contributed by atoms with van der Waals surface area (Å²) in [4.78, 5) is 32.7. The van der Waals surface area contributed by atoms with Crippen LogP contribution in [0.25, 0.3) is 6.08 Å². The van der Waals surface area contributed by atoms with Crippen LogP contribution in [0.1, 0.15) is 11.1 Å². The maximum atomic E-state index is 12.0. The number of nitrogens with one attached hydrogen (secondary N) is 1. The van der Waals surface area contributed by atoms with Gasteiger partial charge >= 0.3 is 0 Å². The van der Waals surface area contributed by atoms with Crippen molar-refractivity contribution in [3.8, 4) is 6.07 Å². The third-order valence-corrected chi connectivity index (χ3v) is 3.30. The van der Waals surface area contributed by atoms with Crippen LogP contribution >= 0.6 is 0 Å². The first-order chi connectivity index (χ1) is 12.9. The van der Waals surface area contributed by atoms with E-state index in [0.29, 0.717) is 0 Å². The summed E-state index contributed by atoms with van der Waals surface area (Å²) in [5.41, 5.74) is 1.42. The first kappa shape index (κ1) is 18.9. The molecule has 10 heteroatoms. The smallest absolute Gasteiger partial charge is 0.267 e. The van der Waals surface area contributed by atoms with E-state index in [0.717, 1.165) is 12.3 Å². The van der Waals surface area contributed by atoms with Crippen molar-refractivity contribution in [2.24, 2.45) is 5.10 Å². The first-order valence-electron chi connectivity index (χ1n) is 7.36. The summed E-state index contributed by atoms with van der Waals surface area (Å²) >= 11 is 0. The molecule has 1 amide bonds. The molecule has 1 N–H and O–H groups in total. The minimum absolute atomic E-state index is 0.0804. The van der Waals surface area contributed by atoms with E-state index in [-0.39, 0.29) is 22.5 Å². The van der Waals surface area contributed by atoms with Gasteiger partial charge in [0.15, 0.2) is 0 Å². The Morgan fingerprint density at radius 3 is 2.07 bits per heavy atom. The fourth-order valence-electron chi connectivity index (χ4n) is 2.06. The molecule has 0 aliphatic carbocycles. The normalized spacial score (nSPS) is 11.0. The first-order valence-corrected chi connectivity index (χ1v) is 7.36. The summed E-state index contributed by atoms with van der Waals surface area (Å²) in [6.45, 7) is 0. The van der Waals surface area contributed by atoms with Crippen molar-refractivity contribution in [2.75, 3.05) is 0 Å². The molecule has 0 aromatic heterocycles. The lowest BCUT2D eigenvalue weighted by molar-refractivity contribution is -0.385. The maximum Gasteiger partial charge on any atom is 0.282 e. The third kappa shape index (κ3) is 4.80. The van der Waals surface area contributed by atoms with Gasteiger partial charge in [-0.05, 0) is 18.2 Å². The van der Waals surface area contributed by atoms with Crippen LogP contribution in [0.5, 0.6) is 0 Å². The van der Waals surface area contributed by atoms with Gasteiger partial charge in [-0.1, -0.05) is 24.3 Å². The SMILES string of the molecule is N#C/C(=C\c1ccccc1[N+](=O)[O-])C(=O)N/N=C/c1ccccc1[N+](=O)[O-]. The second kappa shape index (κ2) is 8.63. The van der Waals surface area contributed by atoms with Crippen LogP contribution in [0.4, 0.5) is 11.4 Å². The maximum absolute atomic E-state index is 12.0. The molecule has 0 fully saturated rings. The Morgan fingerprint density at radius 2 is 1.52 bits per heavy atom. The van der Waals surface area contributed by atoms with Gasteiger partial charge < -0.3 is 0 Å². The Morgan fingerprint density at radius 1 is 1.00 bits per heavy atom. The van der Waals surface area contributed by atoms with Crippen molar-refractivity contribution >= 4 is 29.6 Å². The van der Waals surface area contributed by atoms with Crippen molar-refractivity contribution in [1.29, 1.82) is 5.26 Å². The van der Waals surface area contributed by atoms with Gasteiger partial charge in [-0.25, -0.2) is 5.43 Å². The van der Waals surface area contributed by atoms with Gasteiger partial charge in [-0.3, -0.25) is 25.0 Å². The second-order valence-corrected chi connectivity index (χ2v) is 5.00. The molecule has 0 aliphatic heterocycles. The van der Waals surface area contributed by atoms with Gasteiger partial charge in [0.2, 0.25) is 0 Å². The van der Waals surface area contributed by atoms with Gasteiger partial charge in [0.25, 0.3) is 17.3 Å². The molecule has 2 rings (SSSR count). The van der Waals surface area contributed by atoms with E-state index in [1.165, 1.54) is 42.5 Å². The van der Waals surface area contributed by atoms with Crippen LogP contribution in [-0.2, 0) is 4.79 Å². The molecule has 0 spiro atoms. The number of nitriles is 1. The Balaban J connectivity index is 2.21. The number of para-hydroxylation sites is 2. The van der Waals surface area contributed by atoms with E-state index < -0.39 is 21.3 Å². The molecule has 134 valence electrons. The highest BCUT2D eigenvalue weighted by Crippen LogP contribution is 2.20. The summed E-state index contributed by atoms with van der Waals surface area (Å²) in [7, 11) is 0. The average molecular weight is 365 g/mol. The zero-order chi connectivity index (χ0) is 19.8. The van der Waals surface area contributed by atoms with Gasteiger partial charge in [0.1, 0.15) is 11.6 Å². The largest absolute Gasteiger partial charge is 0.282 e. The van der Waals surface area contributed by atoms with E-state index >= 15 is 0 Å². The highest BCUT2D eigenvalue weighted by molar-refractivity contribution is 6.02. The molecule has 0 radical (unpaired) electrons. The van der Waals surface area contributed by atoms with Crippen LogP contribution in [0.3, 0.4) is 0 Å². The number of carbonyl (C=O) groups excluding carboxylic acids is 1. The van der Waals surface area contributed by atoms with Gasteiger partial charge in [0, 0.05) is 12.1 Å². The predicted octanol–water partition coefficient (Wildman–Crippen LogP) is 2.56. The van der Waals surface area contributed by atoms with Gasteiger partial charge in [0.05, 0.1) is 27.2 Å². The van der Waals surface area contributed by atoms with Crippen molar-refractivity contribution < 1.29 is 14.6 Å².